The number of nitrogens with two attached hydrogens (primary N) is 1. The monoisotopic (exact) mass is 230 g/mol. The molecule has 2 fully saturated rings. The maximum atomic E-state index is 6.40. The van der Waals surface area contributed by atoms with Crippen molar-refractivity contribution in [2.24, 2.45) is 23.5 Å². The van der Waals surface area contributed by atoms with Crippen molar-refractivity contribution in [3.8, 4) is 0 Å². The second kappa shape index (κ2) is 4.41. The Hall–Kier alpha value is -0.890. The SMILES string of the molecule is Cc1cccnc1CC(N)C1C2CCCCC21. The van der Waals surface area contributed by atoms with Crippen LogP contribution in [0, 0.1) is 24.7 Å². The van der Waals surface area contributed by atoms with Crippen molar-refractivity contribution >= 4 is 0 Å². The van der Waals surface area contributed by atoms with E-state index in [9.17, 15) is 0 Å². The highest BCUT2D eigenvalue weighted by Gasteiger charge is 2.52. The third-order valence-electron chi connectivity index (χ3n) is 4.76. The summed E-state index contributed by atoms with van der Waals surface area (Å²) < 4.78 is 0. The molecule has 1 heterocycles. The fraction of sp³-hybridized carbons (Fsp3) is 0.667. The lowest BCUT2D eigenvalue weighted by molar-refractivity contribution is 0.480. The molecule has 2 heteroatoms. The highest BCUT2D eigenvalue weighted by Crippen LogP contribution is 2.56. The van der Waals surface area contributed by atoms with Crippen molar-refractivity contribution in [3.63, 3.8) is 0 Å². The summed E-state index contributed by atoms with van der Waals surface area (Å²) in [7, 11) is 0. The molecule has 0 aliphatic heterocycles. The summed E-state index contributed by atoms with van der Waals surface area (Å²) in [5, 5.41) is 0. The van der Waals surface area contributed by atoms with Crippen LogP contribution in [0.3, 0.4) is 0 Å². The summed E-state index contributed by atoms with van der Waals surface area (Å²) in [6.45, 7) is 2.13. The van der Waals surface area contributed by atoms with E-state index in [1.54, 1.807) is 0 Å². The minimum absolute atomic E-state index is 0.330. The molecule has 0 saturated heterocycles. The van der Waals surface area contributed by atoms with E-state index in [0.717, 1.165) is 24.2 Å². The molecule has 0 bridgehead atoms. The standard InChI is InChI=1S/C15H22N2/c1-10-5-4-8-17-14(10)9-13(16)15-11-6-2-3-7-12(11)15/h4-5,8,11-13,15H,2-3,6-7,9,16H2,1H3. The lowest BCUT2D eigenvalue weighted by Gasteiger charge is -2.12. The molecule has 2 aliphatic carbocycles. The van der Waals surface area contributed by atoms with Crippen LogP contribution in [0.2, 0.25) is 0 Å². The number of hydrogen-bond acceptors (Lipinski definition) is 2. The van der Waals surface area contributed by atoms with Crippen LogP contribution in [0.1, 0.15) is 36.9 Å². The Morgan fingerprint density at radius 2 is 2.06 bits per heavy atom. The summed E-state index contributed by atoms with van der Waals surface area (Å²) in [6, 6.07) is 4.47. The molecule has 0 amide bonds. The van der Waals surface area contributed by atoms with Crippen LogP contribution in [-0.4, -0.2) is 11.0 Å². The topological polar surface area (TPSA) is 38.9 Å². The van der Waals surface area contributed by atoms with Gasteiger partial charge < -0.3 is 5.73 Å². The third-order valence-corrected chi connectivity index (χ3v) is 4.76. The second-order valence-corrected chi connectivity index (χ2v) is 5.82. The summed E-state index contributed by atoms with van der Waals surface area (Å²) in [5.74, 6) is 2.68. The minimum Gasteiger partial charge on any atom is -0.327 e. The Balaban J connectivity index is 1.64. The molecule has 2 saturated carbocycles. The van der Waals surface area contributed by atoms with Gasteiger partial charge in [0.05, 0.1) is 0 Å². The Morgan fingerprint density at radius 3 is 2.71 bits per heavy atom. The number of nitrogens with zero attached hydrogens (tertiary/aromatic N) is 1. The first-order valence-corrected chi connectivity index (χ1v) is 6.93. The first-order chi connectivity index (χ1) is 8.27. The zero-order chi connectivity index (χ0) is 11.8. The van der Waals surface area contributed by atoms with Gasteiger partial charge in [-0.2, -0.15) is 0 Å². The van der Waals surface area contributed by atoms with Gasteiger partial charge in [-0.1, -0.05) is 18.9 Å². The van der Waals surface area contributed by atoms with Gasteiger partial charge in [0.25, 0.3) is 0 Å². The zero-order valence-electron chi connectivity index (χ0n) is 10.6. The predicted molar refractivity (Wildman–Crippen MR) is 69.6 cm³/mol. The fourth-order valence-corrected chi connectivity index (χ4v) is 3.77. The van der Waals surface area contributed by atoms with E-state index in [-0.39, 0.29) is 0 Å². The first-order valence-electron chi connectivity index (χ1n) is 6.93. The van der Waals surface area contributed by atoms with Crippen molar-refractivity contribution in [1.29, 1.82) is 0 Å². The molecular formula is C15H22N2. The van der Waals surface area contributed by atoms with Crippen LogP contribution in [0.15, 0.2) is 18.3 Å². The molecule has 3 rings (SSSR count). The molecule has 0 spiro atoms. The summed E-state index contributed by atoms with van der Waals surface area (Å²) in [5.41, 5.74) is 8.88. The van der Waals surface area contributed by atoms with Gasteiger partial charge in [-0.3, -0.25) is 4.98 Å². The van der Waals surface area contributed by atoms with Gasteiger partial charge in [-0.05, 0) is 49.1 Å². The highest BCUT2D eigenvalue weighted by atomic mass is 14.8. The van der Waals surface area contributed by atoms with E-state index >= 15 is 0 Å². The van der Waals surface area contributed by atoms with Crippen LogP contribution < -0.4 is 5.73 Å². The van der Waals surface area contributed by atoms with Gasteiger partial charge in [0, 0.05) is 24.4 Å². The van der Waals surface area contributed by atoms with E-state index in [4.69, 9.17) is 5.73 Å². The van der Waals surface area contributed by atoms with Crippen LogP contribution in [-0.2, 0) is 6.42 Å². The van der Waals surface area contributed by atoms with E-state index in [1.807, 2.05) is 12.3 Å². The normalized spacial score (nSPS) is 32.9. The van der Waals surface area contributed by atoms with Gasteiger partial charge >= 0.3 is 0 Å². The maximum absolute atomic E-state index is 6.40. The number of pyridine rings is 1. The molecule has 2 aliphatic rings. The molecule has 0 radical (unpaired) electrons. The highest BCUT2D eigenvalue weighted by molar-refractivity contribution is 5.20. The van der Waals surface area contributed by atoms with Gasteiger partial charge in [0.2, 0.25) is 0 Å². The lowest BCUT2D eigenvalue weighted by atomic mass is 10.0. The second-order valence-electron chi connectivity index (χ2n) is 5.82. The van der Waals surface area contributed by atoms with Crippen LogP contribution >= 0.6 is 0 Å². The minimum atomic E-state index is 0.330. The molecule has 3 atom stereocenters. The molecule has 2 N–H and O–H groups in total. The summed E-state index contributed by atoms with van der Waals surface area (Å²) in [6.07, 6.45) is 8.54. The molecule has 92 valence electrons. The smallest absolute Gasteiger partial charge is 0.0448 e. The van der Waals surface area contributed by atoms with Crippen LogP contribution in [0.4, 0.5) is 0 Å². The average molecular weight is 230 g/mol. The van der Waals surface area contributed by atoms with E-state index in [0.29, 0.717) is 6.04 Å². The zero-order valence-corrected chi connectivity index (χ0v) is 10.6. The number of hydrogen-bond donors (Lipinski definition) is 1. The summed E-state index contributed by atoms with van der Waals surface area (Å²) in [4.78, 5) is 4.47. The molecule has 0 aromatic carbocycles. The molecular weight excluding hydrogens is 208 g/mol. The van der Waals surface area contributed by atoms with E-state index in [2.05, 4.69) is 18.0 Å². The molecule has 3 unspecified atom stereocenters. The van der Waals surface area contributed by atoms with Crippen LogP contribution in [0.5, 0.6) is 0 Å². The third kappa shape index (κ3) is 2.11. The van der Waals surface area contributed by atoms with Gasteiger partial charge in [-0.15, -0.1) is 0 Å². The predicted octanol–water partition coefficient (Wildman–Crippen LogP) is 2.70. The Bertz CT molecular complexity index is 390. The Labute approximate surface area is 104 Å². The fourth-order valence-electron chi connectivity index (χ4n) is 3.77. The Kier molecular flexibility index (Phi) is 2.91. The lowest BCUT2D eigenvalue weighted by Crippen LogP contribution is -2.27. The molecule has 17 heavy (non-hydrogen) atoms. The van der Waals surface area contributed by atoms with E-state index in [1.165, 1.54) is 36.9 Å². The van der Waals surface area contributed by atoms with Crippen molar-refractivity contribution in [1.82, 2.24) is 4.98 Å². The molecule has 1 aromatic rings. The Morgan fingerprint density at radius 1 is 1.35 bits per heavy atom. The van der Waals surface area contributed by atoms with Crippen molar-refractivity contribution in [3.05, 3.63) is 29.6 Å². The van der Waals surface area contributed by atoms with Gasteiger partial charge in [0.15, 0.2) is 0 Å². The molecule has 1 aromatic heterocycles. The van der Waals surface area contributed by atoms with Crippen LogP contribution in [0.25, 0.3) is 0 Å². The molecule has 2 nitrogen and oxygen atoms in total. The summed E-state index contributed by atoms with van der Waals surface area (Å²) >= 11 is 0. The quantitative estimate of drug-likeness (QED) is 0.867. The van der Waals surface area contributed by atoms with Crippen molar-refractivity contribution in [2.75, 3.05) is 0 Å². The van der Waals surface area contributed by atoms with Gasteiger partial charge in [0.1, 0.15) is 0 Å². The number of rotatable bonds is 3. The van der Waals surface area contributed by atoms with Crippen molar-refractivity contribution in [2.45, 2.75) is 45.1 Å². The number of fused-ring (bicyclic) bond motifs is 1. The van der Waals surface area contributed by atoms with Gasteiger partial charge in [-0.25, -0.2) is 0 Å². The number of aromatic nitrogens is 1. The first kappa shape index (κ1) is 11.2. The van der Waals surface area contributed by atoms with Crippen molar-refractivity contribution < 1.29 is 0 Å². The van der Waals surface area contributed by atoms with E-state index < -0.39 is 0 Å². The maximum Gasteiger partial charge on any atom is 0.0448 e. The largest absolute Gasteiger partial charge is 0.327 e. The average Bonchev–Trinajstić information content (AvgIpc) is 3.06. The number of aryl methyl sites for hydroxylation is 1.